The van der Waals surface area contributed by atoms with Crippen molar-refractivity contribution in [2.75, 3.05) is 7.05 Å². The van der Waals surface area contributed by atoms with Crippen LogP contribution in [0.4, 0.5) is 0 Å². The van der Waals surface area contributed by atoms with Crippen molar-refractivity contribution in [3.63, 3.8) is 0 Å². The van der Waals surface area contributed by atoms with Gasteiger partial charge in [-0.3, -0.25) is 14.4 Å². The second-order valence-electron chi connectivity index (χ2n) is 5.28. The molecule has 1 saturated carbocycles. The summed E-state index contributed by atoms with van der Waals surface area (Å²) < 4.78 is 2.07. The number of Topliss-reactive ketones (excluding diaryl/α,β-unsaturated/α-hetero) is 1. The molecule has 1 fully saturated rings. The lowest BCUT2D eigenvalue weighted by Crippen LogP contribution is -2.35. The number of hydrogen-bond donors (Lipinski definition) is 0. The van der Waals surface area contributed by atoms with Crippen LogP contribution in [0.25, 0.3) is 0 Å². The molecule has 0 aromatic carbocycles. The average molecular weight is 249 g/mol. The highest BCUT2D eigenvalue weighted by Crippen LogP contribution is 2.21. The van der Waals surface area contributed by atoms with Gasteiger partial charge in [0, 0.05) is 32.0 Å². The van der Waals surface area contributed by atoms with Gasteiger partial charge in [0.15, 0.2) is 0 Å². The van der Waals surface area contributed by atoms with E-state index in [0.29, 0.717) is 11.8 Å². The maximum absolute atomic E-state index is 11.3. The molecule has 1 heterocycles. The van der Waals surface area contributed by atoms with Crippen molar-refractivity contribution >= 4 is 5.78 Å². The summed E-state index contributed by atoms with van der Waals surface area (Å²) in [5.41, 5.74) is 2.36. The molecule has 1 aliphatic rings. The lowest BCUT2D eigenvalue weighted by molar-refractivity contribution is -0.121. The van der Waals surface area contributed by atoms with Crippen LogP contribution < -0.4 is 0 Å². The molecule has 0 N–H and O–H groups in total. The number of ketones is 1. The predicted molar refractivity (Wildman–Crippen MR) is 71.4 cm³/mol. The summed E-state index contributed by atoms with van der Waals surface area (Å²) in [5.74, 6) is 0.425. The monoisotopic (exact) mass is 249 g/mol. The second kappa shape index (κ2) is 5.65. The maximum atomic E-state index is 11.3. The zero-order chi connectivity index (χ0) is 13.1. The third-order valence-corrected chi connectivity index (χ3v) is 3.83. The van der Waals surface area contributed by atoms with Gasteiger partial charge in [-0.2, -0.15) is 5.10 Å². The van der Waals surface area contributed by atoms with Gasteiger partial charge >= 0.3 is 0 Å². The summed E-state index contributed by atoms with van der Waals surface area (Å²) in [5, 5.41) is 4.48. The first-order chi connectivity index (χ1) is 8.60. The summed E-state index contributed by atoms with van der Waals surface area (Å²) in [6.07, 6.45) is 3.52. The zero-order valence-electron chi connectivity index (χ0n) is 11.6. The lowest BCUT2D eigenvalue weighted by Gasteiger charge is -2.30. The quantitative estimate of drug-likeness (QED) is 0.820. The standard InChI is InChI=1S/C14H23N3O/c1-4-17-13(9-11(2)15-17)10-16(3)12-5-7-14(18)8-6-12/h9,12H,4-8,10H2,1-3H3. The minimum Gasteiger partial charge on any atom is -0.300 e. The number of carbonyl (C=O) groups is 1. The second-order valence-corrected chi connectivity index (χ2v) is 5.28. The molecule has 1 aromatic heterocycles. The minimum atomic E-state index is 0.425. The van der Waals surface area contributed by atoms with E-state index in [2.05, 4.69) is 34.7 Å². The van der Waals surface area contributed by atoms with Crippen molar-refractivity contribution in [1.29, 1.82) is 0 Å². The van der Waals surface area contributed by atoms with Crippen LogP contribution in [-0.2, 0) is 17.9 Å². The van der Waals surface area contributed by atoms with Crippen molar-refractivity contribution in [3.8, 4) is 0 Å². The van der Waals surface area contributed by atoms with Crippen LogP contribution in [0, 0.1) is 6.92 Å². The SMILES string of the molecule is CCn1nc(C)cc1CN(C)C1CCC(=O)CC1. The van der Waals surface area contributed by atoms with Crippen LogP contribution in [0.2, 0.25) is 0 Å². The van der Waals surface area contributed by atoms with E-state index in [9.17, 15) is 4.79 Å². The van der Waals surface area contributed by atoms with Crippen LogP contribution in [-0.4, -0.2) is 33.6 Å². The molecule has 0 amide bonds. The highest BCUT2D eigenvalue weighted by atomic mass is 16.1. The summed E-state index contributed by atoms with van der Waals surface area (Å²) in [7, 11) is 2.16. The van der Waals surface area contributed by atoms with E-state index in [1.807, 2.05) is 6.92 Å². The Hall–Kier alpha value is -1.16. The van der Waals surface area contributed by atoms with Gasteiger partial charge in [0.1, 0.15) is 5.78 Å². The summed E-state index contributed by atoms with van der Waals surface area (Å²) in [4.78, 5) is 13.6. The Balaban J connectivity index is 1.97. The van der Waals surface area contributed by atoms with E-state index in [1.165, 1.54) is 5.69 Å². The zero-order valence-corrected chi connectivity index (χ0v) is 11.6. The highest BCUT2D eigenvalue weighted by Gasteiger charge is 2.22. The fraction of sp³-hybridized carbons (Fsp3) is 0.714. The Bertz CT molecular complexity index is 415. The third kappa shape index (κ3) is 2.99. The first kappa shape index (κ1) is 13.3. The summed E-state index contributed by atoms with van der Waals surface area (Å²) in [6, 6.07) is 2.71. The largest absolute Gasteiger partial charge is 0.300 e. The van der Waals surface area contributed by atoms with Gasteiger partial charge in [-0.15, -0.1) is 0 Å². The molecular formula is C14H23N3O. The molecule has 4 nitrogen and oxygen atoms in total. The topological polar surface area (TPSA) is 38.1 Å². The molecule has 0 spiro atoms. The number of nitrogens with zero attached hydrogens (tertiary/aromatic N) is 3. The Morgan fingerprint density at radius 2 is 2.11 bits per heavy atom. The minimum absolute atomic E-state index is 0.425. The van der Waals surface area contributed by atoms with Gasteiger partial charge in [-0.25, -0.2) is 0 Å². The highest BCUT2D eigenvalue weighted by molar-refractivity contribution is 5.79. The van der Waals surface area contributed by atoms with E-state index in [0.717, 1.165) is 44.5 Å². The number of carbonyl (C=O) groups excluding carboxylic acids is 1. The molecule has 0 aliphatic heterocycles. The van der Waals surface area contributed by atoms with Crippen molar-refractivity contribution in [2.45, 2.75) is 58.7 Å². The number of hydrogen-bond acceptors (Lipinski definition) is 3. The summed E-state index contributed by atoms with van der Waals surface area (Å²) >= 11 is 0. The molecule has 100 valence electrons. The van der Waals surface area contributed by atoms with Gasteiger partial charge in [-0.1, -0.05) is 0 Å². The molecule has 4 heteroatoms. The Kier molecular flexibility index (Phi) is 4.17. The molecule has 18 heavy (non-hydrogen) atoms. The van der Waals surface area contributed by atoms with E-state index >= 15 is 0 Å². The van der Waals surface area contributed by atoms with Crippen LogP contribution in [0.5, 0.6) is 0 Å². The maximum Gasteiger partial charge on any atom is 0.133 e. The van der Waals surface area contributed by atoms with Crippen LogP contribution in [0.3, 0.4) is 0 Å². The molecular weight excluding hydrogens is 226 g/mol. The molecule has 1 aliphatic carbocycles. The number of rotatable bonds is 4. The molecule has 0 unspecified atom stereocenters. The average Bonchev–Trinajstić information content (AvgIpc) is 2.70. The van der Waals surface area contributed by atoms with Crippen LogP contribution in [0.1, 0.15) is 44.0 Å². The first-order valence-electron chi connectivity index (χ1n) is 6.85. The van der Waals surface area contributed by atoms with Crippen molar-refractivity contribution < 1.29 is 4.79 Å². The van der Waals surface area contributed by atoms with Gasteiger partial charge in [0.25, 0.3) is 0 Å². The third-order valence-electron chi connectivity index (χ3n) is 3.83. The number of aryl methyl sites for hydroxylation is 2. The van der Waals surface area contributed by atoms with E-state index < -0.39 is 0 Å². The van der Waals surface area contributed by atoms with Gasteiger partial charge in [0.2, 0.25) is 0 Å². The normalized spacial score (nSPS) is 17.7. The van der Waals surface area contributed by atoms with Crippen LogP contribution >= 0.6 is 0 Å². The van der Waals surface area contributed by atoms with E-state index in [-0.39, 0.29) is 0 Å². The van der Waals surface area contributed by atoms with Crippen LogP contribution in [0.15, 0.2) is 6.07 Å². The molecule has 0 saturated heterocycles. The first-order valence-corrected chi connectivity index (χ1v) is 6.85. The summed E-state index contributed by atoms with van der Waals surface area (Å²) in [6.45, 7) is 6.00. The smallest absolute Gasteiger partial charge is 0.133 e. The fourth-order valence-electron chi connectivity index (χ4n) is 2.75. The Labute approximate surface area is 109 Å². The van der Waals surface area contributed by atoms with Crippen molar-refractivity contribution in [2.24, 2.45) is 0 Å². The van der Waals surface area contributed by atoms with Crippen molar-refractivity contribution in [1.82, 2.24) is 14.7 Å². The molecule has 2 rings (SSSR count). The molecule has 1 aromatic rings. The molecule has 0 bridgehead atoms. The lowest BCUT2D eigenvalue weighted by atomic mass is 9.93. The van der Waals surface area contributed by atoms with Gasteiger partial charge < -0.3 is 0 Å². The molecule has 0 radical (unpaired) electrons. The predicted octanol–water partition coefficient (Wildman–Crippen LogP) is 2.15. The molecule has 0 atom stereocenters. The van der Waals surface area contributed by atoms with Crippen molar-refractivity contribution in [3.05, 3.63) is 17.5 Å². The fourth-order valence-corrected chi connectivity index (χ4v) is 2.75. The van der Waals surface area contributed by atoms with Gasteiger partial charge in [-0.05, 0) is 39.8 Å². The van der Waals surface area contributed by atoms with Gasteiger partial charge in [0.05, 0.1) is 11.4 Å². The number of aromatic nitrogens is 2. The Morgan fingerprint density at radius 1 is 1.44 bits per heavy atom. The van der Waals surface area contributed by atoms with E-state index in [1.54, 1.807) is 0 Å². The van der Waals surface area contributed by atoms with E-state index in [4.69, 9.17) is 0 Å². The Morgan fingerprint density at radius 3 is 2.72 bits per heavy atom.